The van der Waals surface area contributed by atoms with E-state index in [0.717, 1.165) is 6.07 Å². The lowest BCUT2D eigenvalue weighted by Gasteiger charge is -2.23. The summed E-state index contributed by atoms with van der Waals surface area (Å²) in [5.74, 6) is -0.713. The van der Waals surface area contributed by atoms with Gasteiger partial charge in [0, 0.05) is 12.1 Å². The number of anilines is 1. The van der Waals surface area contributed by atoms with Crippen molar-refractivity contribution in [2.75, 3.05) is 4.90 Å². The lowest BCUT2D eigenvalue weighted by Crippen LogP contribution is -2.29. The third-order valence-electron chi connectivity index (χ3n) is 3.45. The van der Waals surface area contributed by atoms with Gasteiger partial charge in [0.05, 0.1) is 23.2 Å². The van der Waals surface area contributed by atoms with Crippen molar-refractivity contribution in [2.24, 2.45) is 0 Å². The minimum absolute atomic E-state index is 0.0908. The van der Waals surface area contributed by atoms with E-state index in [1.165, 1.54) is 17.0 Å². The maximum Gasteiger partial charge on any atom is 0.573 e. The van der Waals surface area contributed by atoms with Crippen molar-refractivity contribution in [2.45, 2.75) is 26.3 Å². The third-order valence-corrected chi connectivity index (χ3v) is 3.75. The van der Waals surface area contributed by atoms with Gasteiger partial charge < -0.3 is 9.64 Å². The summed E-state index contributed by atoms with van der Waals surface area (Å²) in [6.07, 6.45) is -4.62. The first kappa shape index (κ1) is 19.6. The molecular formula is C18H14ClF3N2O2. The molecule has 2 aromatic rings. The van der Waals surface area contributed by atoms with Crippen LogP contribution in [0, 0.1) is 11.3 Å². The molecule has 8 heteroatoms. The van der Waals surface area contributed by atoms with Crippen LogP contribution in [-0.2, 0) is 11.3 Å². The molecule has 0 atom stereocenters. The molecule has 2 aromatic carbocycles. The largest absolute Gasteiger partial charge is 0.573 e. The highest BCUT2D eigenvalue weighted by Crippen LogP contribution is 2.31. The number of nitrogens with zero attached hydrogens (tertiary/aromatic N) is 2. The van der Waals surface area contributed by atoms with Crippen LogP contribution in [0.15, 0.2) is 42.5 Å². The molecule has 4 nitrogen and oxygen atoms in total. The quantitative estimate of drug-likeness (QED) is 0.726. The van der Waals surface area contributed by atoms with Gasteiger partial charge in [0.2, 0.25) is 5.91 Å². The number of halogens is 4. The first-order valence-electron chi connectivity index (χ1n) is 7.58. The Labute approximate surface area is 153 Å². The highest BCUT2D eigenvalue weighted by atomic mass is 35.5. The zero-order valence-corrected chi connectivity index (χ0v) is 14.4. The number of rotatable bonds is 5. The number of carbonyl (C=O) groups excluding carboxylic acids is 1. The van der Waals surface area contributed by atoms with E-state index in [1.54, 1.807) is 31.2 Å². The van der Waals surface area contributed by atoms with Gasteiger partial charge >= 0.3 is 6.36 Å². The minimum Gasteiger partial charge on any atom is -0.404 e. The molecule has 0 unspecified atom stereocenters. The standard InChI is InChI=1S/C18H14ClF3N2O2/c1-2-17(25)24(14-5-3-4-12(8-14)10-23)11-13-6-7-16(15(19)9-13)26-18(20,21)22/h3-9H,2,11H2,1H3. The molecule has 2 rings (SSSR count). The monoisotopic (exact) mass is 382 g/mol. The fraction of sp³-hybridized carbons (Fsp3) is 0.222. The molecule has 0 aliphatic rings. The summed E-state index contributed by atoms with van der Waals surface area (Å²) in [7, 11) is 0. The van der Waals surface area contributed by atoms with Crippen LogP contribution in [0.3, 0.4) is 0 Å². The van der Waals surface area contributed by atoms with Crippen molar-refractivity contribution < 1.29 is 22.7 Å². The van der Waals surface area contributed by atoms with Gasteiger partial charge in [-0.15, -0.1) is 13.2 Å². The first-order chi connectivity index (χ1) is 12.2. The molecule has 0 heterocycles. The second kappa shape index (κ2) is 8.11. The van der Waals surface area contributed by atoms with Crippen molar-refractivity contribution in [1.82, 2.24) is 0 Å². The van der Waals surface area contributed by atoms with Crippen molar-refractivity contribution >= 4 is 23.2 Å². The lowest BCUT2D eigenvalue weighted by atomic mass is 10.1. The van der Waals surface area contributed by atoms with E-state index in [1.807, 2.05) is 6.07 Å². The summed E-state index contributed by atoms with van der Waals surface area (Å²) >= 11 is 5.85. The second-order valence-electron chi connectivity index (χ2n) is 5.31. The molecule has 0 aliphatic heterocycles. The summed E-state index contributed by atoms with van der Waals surface area (Å²) in [4.78, 5) is 13.7. The number of ether oxygens (including phenoxy) is 1. The van der Waals surface area contributed by atoms with E-state index >= 15 is 0 Å². The first-order valence-corrected chi connectivity index (χ1v) is 7.96. The molecule has 0 bridgehead atoms. The van der Waals surface area contributed by atoms with E-state index in [4.69, 9.17) is 16.9 Å². The number of alkyl halides is 3. The zero-order chi connectivity index (χ0) is 19.3. The van der Waals surface area contributed by atoms with E-state index in [-0.39, 0.29) is 23.9 Å². The predicted octanol–water partition coefficient (Wildman–Crippen LogP) is 5.05. The van der Waals surface area contributed by atoms with E-state index in [0.29, 0.717) is 16.8 Å². The molecule has 0 aromatic heterocycles. The summed E-state index contributed by atoms with van der Waals surface area (Å²) in [6.45, 7) is 1.78. The molecule has 26 heavy (non-hydrogen) atoms. The highest BCUT2D eigenvalue weighted by Gasteiger charge is 2.32. The second-order valence-corrected chi connectivity index (χ2v) is 5.72. The van der Waals surface area contributed by atoms with E-state index < -0.39 is 12.1 Å². The molecule has 0 fully saturated rings. The van der Waals surface area contributed by atoms with Crippen LogP contribution in [-0.4, -0.2) is 12.3 Å². The van der Waals surface area contributed by atoms with E-state index in [2.05, 4.69) is 4.74 Å². The van der Waals surface area contributed by atoms with Crippen molar-refractivity contribution in [3.8, 4) is 11.8 Å². The molecule has 1 amide bonds. The van der Waals surface area contributed by atoms with Crippen LogP contribution in [0.5, 0.6) is 5.75 Å². The Morgan fingerprint density at radius 3 is 2.58 bits per heavy atom. The molecule has 0 aliphatic carbocycles. The Morgan fingerprint density at radius 1 is 1.27 bits per heavy atom. The van der Waals surface area contributed by atoms with Crippen molar-refractivity contribution in [3.63, 3.8) is 0 Å². The fourth-order valence-corrected chi connectivity index (χ4v) is 2.53. The Bertz CT molecular complexity index is 847. The number of nitriles is 1. The molecule has 0 N–H and O–H groups in total. The molecular weight excluding hydrogens is 369 g/mol. The lowest BCUT2D eigenvalue weighted by molar-refractivity contribution is -0.274. The summed E-state index contributed by atoms with van der Waals surface area (Å²) < 4.78 is 40.8. The van der Waals surface area contributed by atoms with Crippen LogP contribution >= 0.6 is 11.6 Å². The van der Waals surface area contributed by atoms with Gasteiger partial charge in [-0.1, -0.05) is 30.7 Å². The highest BCUT2D eigenvalue weighted by molar-refractivity contribution is 6.32. The van der Waals surface area contributed by atoms with Gasteiger partial charge in [-0.25, -0.2) is 0 Å². The van der Waals surface area contributed by atoms with Gasteiger partial charge in [-0.2, -0.15) is 5.26 Å². The topological polar surface area (TPSA) is 53.3 Å². The Morgan fingerprint density at radius 2 is 2.00 bits per heavy atom. The van der Waals surface area contributed by atoms with Crippen molar-refractivity contribution in [3.05, 3.63) is 58.6 Å². The summed E-state index contributed by atoms with van der Waals surface area (Å²) in [5.41, 5.74) is 1.43. The Balaban J connectivity index is 2.30. The normalized spacial score (nSPS) is 10.9. The number of benzene rings is 2. The van der Waals surface area contributed by atoms with Crippen LogP contribution in [0.25, 0.3) is 0 Å². The number of hydrogen-bond acceptors (Lipinski definition) is 3. The summed E-state index contributed by atoms with van der Waals surface area (Å²) in [5, 5.41) is 8.80. The van der Waals surface area contributed by atoms with Gasteiger partial charge in [0.15, 0.2) is 0 Å². The molecule has 136 valence electrons. The van der Waals surface area contributed by atoms with Crippen LogP contribution < -0.4 is 9.64 Å². The number of carbonyl (C=O) groups is 1. The fourth-order valence-electron chi connectivity index (χ4n) is 2.29. The average molecular weight is 383 g/mol. The smallest absolute Gasteiger partial charge is 0.404 e. The van der Waals surface area contributed by atoms with Crippen LogP contribution in [0.1, 0.15) is 24.5 Å². The predicted molar refractivity (Wildman–Crippen MR) is 90.8 cm³/mol. The SMILES string of the molecule is CCC(=O)N(Cc1ccc(OC(F)(F)F)c(Cl)c1)c1cccc(C#N)c1. The van der Waals surface area contributed by atoms with Crippen molar-refractivity contribution in [1.29, 1.82) is 5.26 Å². The maximum atomic E-state index is 12.3. The van der Waals surface area contributed by atoms with Crippen LogP contribution in [0.2, 0.25) is 5.02 Å². The summed E-state index contributed by atoms with van der Waals surface area (Å²) in [6, 6.07) is 12.3. The number of hydrogen-bond donors (Lipinski definition) is 0. The zero-order valence-electron chi connectivity index (χ0n) is 13.7. The molecule has 0 radical (unpaired) electrons. The average Bonchev–Trinajstić information content (AvgIpc) is 2.60. The Hall–Kier alpha value is -2.72. The molecule has 0 saturated heterocycles. The minimum atomic E-state index is -4.84. The maximum absolute atomic E-state index is 12.3. The van der Waals surface area contributed by atoms with Gasteiger partial charge in [0.25, 0.3) is 0 Å². The number of amides is 1. The van der Waals surface area contributed by atoms with Gasteiger partial charge in [-0.05, 0) is 35.9 Å². The molecule has 0 spiro atoms. The van der Waals surface area contributed by atoms with Gasteiger partial charge in [-0.3, -0.25) is 4.79 Å². The third kappa shape index (κ3) is 5.14. The van der Waals surface area contributed by atoms with Gasteiger partial charge in [0.1, 0.15) is 5.75 Å². The Kier molecular flexibility index (Phi) is 6.11. The van der Waals surface area contributed by atoms with E-state index in [9.17, 15) is 18.0 Å². The molecule has 0 saturated carbocycles. The van der Waals surface area contributed by atoms with Crippen LogP contribution in [0.4, 0.5) is 18.9 Å².